The Morgan fingerprint density at radius 1 is 1.64 bits per heavy atom. The van der Waals surface area contributed by atoms with Gasteiger partial charge in [0.15, 0.2) is 0 Å². The smallest absolute Gasteiger partial charge is 0.0398 e. The summed E-state index contributed by atoms with van der Waals surface area (Å²) in [5.41, 5.74) is 6.59. The van der Waals surface area contributed by atoms with E-state index in [1.165, 1.54) is 0 Å². The first-order valence-electron chi connectivity index (χ1n) is 3.94. The highest BCUT2D eigenvalue weighted by atomic mass is 14.9. The molecule has 3 N–H and O–H groups in total. The van der Waals surface area contributed by atoms with Crippen molar-refractivity contribution in [3.05, 3.63) is 23.9 Å². The second-order valence-electron chi connectivity index (χ2n) is 3.32. The van der Waals surface area contributed by atoms with Gasteiger partial charge in [-0.1, -0.05) is 19.1 Å². The van der Waals surface area contributed by atoms with Gasteiger partial charge in [-0.15, -0.1) is 0 Å². The molecule has 0 fully saturated rings. The third-order valence-electron chi connectivity index (χ3n) is 2.55. The van der Waals surface area contributed by atoms with Crippen LogP contribution in [0, 0.1) is 5.92 Å². The Hall–Kier alpha value is -0.760. The molecule has 0 aliphatic heterocycles. The average molecular weight is 152 g/mol. The van der Waals surface area contributed by atoms with E-state index < -0.39 is 0 Å². The number of rotatable bonds is 1. The number of nitrogens with two attached hydrogens (primary N) is 1. The van der Waals surface area contributed by atoms with E-state index >= 15 is 0 Å². The molecular weight excluding hydrogens is 136 g/mol. The van der Waals surface area contributed by atoms with Gasteiger partial charge in [0.05, 0.1) is 0 Å². The zero-order valence-corrected chi connectivity index (χ0v) is 7.39. The van der Waals surface area contributed by atoms with Crippen molar-refractivity contribution in [1.29, 1.82) is 0 Å². The average Bonchev–Trinajstić information content (AvgIpc) is 1.98. The lowest BCUT2D eigenvalue weighted by molar-refractivity contribution is 0.378. The van der Waals surface area contributed by atoms with E-state index in [0.717, 1.165) is 5.70 Å². The van der Waals surface area contributed by atoms with Crippen LogP contribution in [-0.4, -0.2) is 12.6 Å². The Balaban J connectivity index is 2.84. The molecular formula is C9H16N2. The van der Waals surface area contributed by atoms with E-state index in [0.29, 0.717) is 5.92 Å². The van der Waals surface area contributed by atoms with Crippen molar-refractivity contribution in [3.8, 4) is 0 Å². The third kappa shape index (κ3) is 1.46. The van der Waals surface area contributed by atoms with E-state index in [2.05, 4.69) is 31.3 Å². The molecule has 11 heavy (non-hydrogen) atoms. The zero-order chi connectivity index (χ0) is 8.48. The molecule has 0 heterocycles. The first kappa shape index (κ1) is 8.34. The van der Waals surface area contributed by atoms with E-state index in [9.17, 15) is 0 Å². The van der Waals surface area contributed by atoms with Gasteiger partial charge in [-0.05, 0) is 26.0 Å². The van der Waals surface area contributed by atoms with Crippen LogP contribution in [0.3, 0.4) is 0 Å². The molecule has 0 spiro atoms. The molecule has 0 saturated carbocycles. The van der Waals surface area contributed by atoms with E-state index in [4.69, 9.17) is 5.73 Å². The summed E-state index contributed by atoms with van der Waals surface area (Å²) >= 11 is 0. The summed E-state index contributed by atoms with van der Waals surface area (Å²) in [6, 6.07) is 0. The predicted octanol–water partition coefficient (Wildman–Crippen LogP) is 1.01. The predicted molar refractivity (Wildman–Crippen MR) is 48.0 cm³/mol. The number of allylic oxidation sites excluding steroid dienone is 1. The van der Waals surface area contributed by atoms with Gasteiger partial charge >= 0.3 is 0 Å². The summed E-state index contributed by atoms with van der Waals surface area (Å²) in [6.45, 7) is 4.32. The Morgan fingerprint density at radius 2 is 2.27 bits per heavy atom. The molecule has 2 unspecified atom stereocenters. The molecule has 0 radical (unpaired) electrons. The topological polar surface area (TPSA) is 38.0 Å². The van der Waals surface area contributed by atoms with Crippen molar-refractivity contribution in [3.63, 3.8) is 0 Å². The van der Waals surface area contributed by atoms with Gasteiger partial charge in [-0.25, -0.2) is 0 Å². The number of hydrogen-bond acceptors (Lipinski definition) is 2. The zero-order valence-electron chi connectivity index (χ0n) is 7.39. The van der Waals surface area contributed by atoms with Crippen LogP contribution in [0.2, 0.25) is 0 Å². The molecule has 1 rings (SSSR count). The largest absolute Gasteiger partial charge is 0.399 e. The molecule has 2 atom stereocenters. The summed E-state index contributed by atoms with van der Waals surface area (Å²) in [5, 5.41) is 3.26. The number of hydrogen-bond donors (Lipinski definition) is 2. The molecule has 0 aromatic carbocycles. The molecule has 62 valence electrons. The molecule has 1 aliphatic rings. The lowest BCUT2D eigenvalue weighted by Gasteiger charge is -2.33. The fourth-order valence-corrected chi connectivity index (χ4v) is 1.25. The fourth-order valence-electron chi connectivity index (χ4n) is 1.25. The maximum Gasteiger partial charge on any atom is 0.0398 e. The van der Waals surface area contributed by atoms with Gasteiger partial charge in [0.25, 0.3) is 0 Å². The van der Waals surface area contributed by atoms with E-state index in [1.54, 1.807) is 0 Å². The summed E-state index contributed by atoms with van der Waals surface area (Å²) < 4.78 is 0. The van der Waals surface area contributed by atoms with Gasteiger partial charge in [0.2, 0.25) is 0 Å². The van der Waals surface area contributed by atoms with Gasteiger partial charge in [-0.2, -0.15) is 0 Å². The molecule has 0 aromatic heterocycles. The minimum Gasteiger partial charge on any atom is -0.399 e. The van der Waals surface area contributed by atoms with Crippen LogP contribution in [0.15, 0.2) is 23.9 Å². The lowest BCUT2D eigenvalue weighted by atomic mass is 9.83. The highest BCUT2D eigenvalue weighted by Gasteiger charge is 2.26. The lowest BCUT2D eigenvalue weighted by Crippen LogP contribution is -2.44. The van der Waals surface area contributed by atoms with Crippen molar-refractivity contribution < 1.29 is 0 Å². The van der Waals surface area contributed by atoms with Crippen LogP contribution in [-0.2, 0) is 0 Å². The Morgan fingerprint density at radius 3 is 2.73 bits per heavy atom. The van der Waals surface area contributed by atoms with Gasteiger partial charge in [0.1, 0.15) is 0 Å². The van der Waals surface area contributed by atoms with Crippen molar-refractivity contribution >= 4 is 0 Å². The second kappa shape index (κ2) is 2.70. The Kier molecular flexibility index (Phi) is 2.05. The van der Waals surface area contributed by atoms with Crippen LogP contribution in [0.5, 0.6) is 0 Å². The van der Waals surface area contributed by atoms with Crippen molar-refractivity contribution in [2.75, 3.05) is 7.05 Å². The molecule has 0 amide bonds. The summed E-state index contributed by atoms with van der Waals surface area (Å²) in [5.74, 6) is 0.456. The minimum atomic E-state index is 0.0723. The SMILES string of the molecule is CNC1(C)C=CC(N)=CC1C. The number of likely N-dealkylation sites (N-methyl/N-ethyl adjacent to an activating group) is 1. The second-order valence-corrected chi connectivity index (χ2v) is 3.32. The number of nitrogens with one attached hydrogen (secondary N) is 1. The summed E-state index contributed by atoms with van der Waals surface area (Å²) in [6.07, 6.45) is 6.15. The molecule has 0 saturated heterocycles. The van der Waals surface area contributed by atoms with Crippen molar-refractivity contribution in [2.24, 2.45) is 11.7 Å². The summed E-state index contributed by atoms with van der Waals surface area (Å²) in [7, 11) is 1.97. The standard InChI is InChI=1S/C9H16N2/c1-7-6-8(10)4-5-9(7,2)11-3/h4-7,11H,10H2,1-3H3. The first-order chi connectivity index (χ1) is 5.08. The fraction of sp³-hybridized carbons (Fsp3) is 0.556. The van der Waals surface area contributed by atoms with Gasteiger partial charge in [-0.3, -0.25) is 0 Å². The molecule has 0 bridgehead atoms. The van der Waals surface area contributed by atoms with Crippen LogP contribution in [0.4, 0.5) is 0 Å². The highest BCUT2D eigenvalue weighted by molar-refractivity contribution is 5.28. The first-order valence-corrected chi connectivity index (χ1v) is 3.94. The summed E-state index contributed by atoms with van der Waals surface area (Å²) in [4.78, 5) is 0. The normalized spacial score (nSPS) is 37.0. The molecule has 2 heteroatoms. The highest BCUT2D eigenvalue weighted by Crippen LogP contribution is 2.24. The van der Waals surface area contributed by atoms with E-state index in [1.807, 2.05) is 13.1 Å². The Bertz CT molecular complexity index is 206. The van der Waals surface area contributed by atoms with Crippen LogP contribution >= 0.6 is 0 Å². The third-order valence-corrected chi connectivity index (χ3v) is 2.55. The van der Waals surface area contributed by atoms with Crippen LogP contribution < -0.4 is 11.1 Å². The van der Waals surface area contributed by atoms with Gasteiger partial charge in [0, 0.05) is 11.2 Å². The minimum absolute atomic E-state index is 0.0723. The monoisotopic (exact) mass is 152 g/mol. The van der Waals surface area contributed by atoms with Crippen molar-refractivity contribution in [1.82, 2.24) is 5.32 Å². The maximum atomic E-state index is 5.65. The molecule has 0 aromatic rings. The Labute approximate surface area is 68.2 Å². The quantitative estimate of drug-likeness (QED) is 0.588. The van der Waals surface area contributed by atoms with Crippen LogP contribution in [0.25, 0.3) is 0 Å². The molecule has 1 aliphatic carbocycles. The van der Waals surface area contributed by atoms with E-state index in [-0.39, 0.29) is 5.54 Å². The van der Waals surface area contributed by atoms with Gasteiger partial charge < -0.3 is 11.1 Å². The maximum absolute atomic E-state index is 5.65. The van der Waals surface area contributed by atoms with Crippen molar-refractivity contribution in [2.45, 2.75) is 19.4 Å². The van der Waals surface area contributed by atoms with Crippen LogP contribution in [0.1, 0.15) is 13.8 Å². The molecule has 2 nitrogen and oxygen atoms in total.